The van der Waals surface area contributed by atoms with E-state index in [4.69, 9.17) is 0 Å². The van der Waals surface area contributed by atoms with Gasteiger partial charge in [-0.15, -0.1) is 0 Å². The summed E-state index contributed by atoms with van der Waals surface area (Å²) in [5, 5.41) is 3.68. The van der Waals surface area contributed by atoms with Crippen molar-refractivity contribution < 1.29 is 0 Å². The Morgan fingerprint density at radius 2 is 1.86 bits per heavy atom. The predicted octanol–water partition coefficient (Wildman–Crippen LogP) is 3.30. The molecule has 0 aromatic rings. The Kier molecular flexibility index (Phi) is 6.70. The van der Waals surface area contributed by atoms with Crippen LogP contribution in [0, 0.1) is 5.92 Å². The van der Waals surface area contributed by atoms with E-state index in [1.807, 2.05) is 11.8 Å². The normalized spacial score (nSPS) is 27.9. The average molecular weight is 215 g/mol. The molecule has 0 aromatic heterocycles. The molecule has 1 nitrogen and oxygen atoms in total. The van der Waals surface area contributed by atoms with Crippen molar-refractivity contribution in [3.63, 3.8) is 0 Å². The molecule has 1 rings (SSSR count). The monoisotopic (exact) mass is 215 g/mol. The molecule has 0 amide bonds. The lowest BCUT2D eigenvalue weighted by molar-refractivity contribution is 0.289. The first-order valence-electron chi connectivity index (χ1n) is 6.18. The average Bonchev–Trinajstić information content (AvgIpc) is 2.25. The maximum Gasteiger partial charge on any atom is 0.00676 e. The van der Waals surface area contributed by atoms with Gasteiger partial charge in [-0.2, -0.15) is 11.8 Å². The van der Waals surface area contributed by atoms with E-state index in [1.165, 1.54) is 50.2 Å². The molecule has 1 aliphatic rings. The largest absolute Gasteiger partial charge is 0.313 e. The Balaban J connectivity index is 1.98. The van der Waals surface area contributed by atoms with Crippen LogP contribution < -0.4 is 5.32 Å². The van der Waals surface area contributed by atoms with Gasteiger partial charge < -0.3 is 5.32 Å². The van der Waals surface area contributed by atoms with Gasteiger partial charge in [-0.25, -0.2) is 0 Å². The van der Waals surface area contributed by atoms with Gasteiger partial charge >= 0.3 is 0 Å². The van der Waals surface area contributed by atoms with Crippen molar-refractivity contribution in [2.24, 2.45) is 5.92 Å². The molecule has 84 valence electrons. The van der Waals surface area contributed by atoms with E-state index in [1.54, 1.807) is 0 Å². The zero-order chi connectivity index (χ0) is 10.2. The third-order valence-electron chi connectivity index (χ3n) is 3.31. The van der Waals surface area contributed by atoms with E-state index in [9.17, 15) is 0 Å². The van der Waals surface area contributed by atoms with Crippen LogP contribution in [0.1, 0.15) is 46.0 Å². The lowest BCUT2D eigenvalue weighted by atomic mass is 9.84. The smallest absolute Gasteiger partial charge is 0.00676 e. The van der Waals surface area contributed by atoms with Gasteiger partial charge in [0.1, 0.15) is 0 Å². The standard InChI is InChI=1S/C12H25NS/c1-3-11-5-7-12(8-6-11)13-9-10-14-4-2/h11-13H,3-10H2,1-2H3. The fourth-order valence-electron chi connectivity index (χ4n) is 2.25. The van der Waals surface area contributed by atoms with Gasteiger partial charge in [0.25, 0.3) is 0 Å². The summed E-state index contributed by atoms with van der Waals surface area (Å²) in [6.45, 7) is 5.77. The van der Waals surface area contributed by atoms with Gasteiger partial charge in [-0.3, -0.25) is 0 Å². The van der Waals surface area contributed by atoms with Crippen LogP contribution in [0.5, 0.6) is 0 Å². The second kappa shape index (κ2) is 7.58. The lowest BCUT2D eigenvalue weighted by Crippen LogP contribution is -2.34. The van der Waals surface area contributed by atoms with Crippen LogP contribution in [0.4, 0.5) is 0 Å². The van der Waals surface area contributed by atoms with Crippen molar-refractivity contribution >= 4 is 11.8 Å². The Bertz CT molecular complexity index is 130. The topological polar surface area (TPSA) is 12.0 Å². The summed E-state index contributed by atoms with van der Waals surface area (Å²) in [5.74, 6) is 3.56. The van der Waals surface area contributed by atoms with Crippen molar-refractivity contribution in [3.05, 3.63) is 0 Å². The van der Waals surface area contributed by atoms with E-state index in [0.29, 0.717) is 0 Å². The molecule has 0 aromatic carbocycles. The van der Waals surface area contributed by atoms with Crippen LogP contribution in [0.2, 0.25) is 0 Å². The van der Waals surface area contributed by atoms with E-state index < -0.39 is 0 Å². The fraction of sp³-hybridized carbons (Fsp3) is 1.00. The first-order chi connectivity index (χ1) is 6.86. The molecule has 0 unspecified atom stereocenters. The Labute approximate surface area is 93.4 Å². The minimum absolute atomic E-state index is 0.829. The highest BCUT2D eigenvalue weighted by Gasteiger charge is 2.18. The van der Waals surface area contributed by atoms with Gasteiger partial charge in [0, 0.05) is 18.3 Å². The van der Waals surface area contributed by atoms with Crippen molar-refractivity contribution in [1.29, 1.82) is 0 Å². The number of rotatable bonds is 6. The second-order valence-corrected chi connectivity index (χ2v) is 5.67. The Hall–Kier alpha value is 0.310. The number of thioether (sulfide) groups is 1. The molecule has 2 heteroatoms. The summed E-state index contributed by atoms with van der Waals surface area (Å²) in [7, 11) is 0. The van der Waals surface area contributed by atoms with Gasteiger partial charge in [-0.1, -0.05) is 20.3 Å². The van der Waals surface area contributed by atoms with Gasteiger partial charge in [0.2, 0.25) is 0 Å². The minimum atomic E-state index is 0.829. The van der Waals surface area contributed by atoms with E-state index >= 15 is 0 Å². The molecule has 14 heavy (non-hydrogen) atoms. The van der Waals surface area contributed by atoms with Gasteiger partial charge in [0.15, 0.2) is 0 Å². The summed E-state index contributed by atoms with van der Waals surface area (Å²) < 4.78 is 0. The number of hydrogen-bond donors (Lipinski definition) is 1. The van der Waals surface area contributed by atoms with Crippen LogP contribution in [0.15, 0.2) is 0 Å². The van der Waals surface area contributed by atoms with Gasteiger partial charge in [-0.05, 0) is 37.4 Å². The van der Waals surface area contributed by atoms with E-state index in [-0.39, 0.29) is 0 Å². The van der Waals surface area contributed by atoms with Crippen LogP contribution in [0.3, 0.4) is 0 Å². The molecule has 0 atom stereocenters. The van der Waals surface area contributed by atoms with Crippen LogP contribution in [0.25, 0.3) is 0 Å². The minimum Gasteiger partial charge on any atom is -0.313 e. The molecular formula is C12H25NS. The molecule has 0 saturated heterocycles. The second-order valence-electron chi connectivity index (χ2n) is 4.28. The summed E-state index contributed by atoms with van der Waals surface area (Å²) in [6.07, 6.45) is 7.12. The number of nitrogens with one attached hydrogen (secondary N) is 1. The maximum atomic E-state index is 3.68. The highest BCUT2D eigenvalue weighted by Crippen LogP contribution is 2.26. The summed E-state index contributed by atoms with van der Waals surface area (Å²) in [6, 6.07) is 0.829. The first kappa shape index (κ1) is 12.4. The van der Waals surface area contributed by atoms with Crippen LogP contribution >= 0.6 is 11.8 Å². The molecule has 1 saturated carbocycles. The van der Waals surface area contributed by atoms with Crippen molar-refractivity contribution in [1.82, 2.24) is 5.32 Å². The first-order valence-corrected chi connectivity index (χ1v) is 7.33. The quantitative estimate of drug-likeness (QED) is 0.682. The van der Waals surface area contributed by atoms with Crippen molar-refractivity contribution in [3.8, 4) is 0 Å². The molecule has 0 aliphatic heterocycles. The van der Waals surface area contributed by atoms with Crippen molar-refractivity contribution in [2.45, 2.75) is 52.0 Å². The lowest BCUT2D eigenvalue weighted by Gasteiger charge is -2.28. The molecule has 0 spiro atoms. The fourth-order valence-corrected chi connectivity index (χ4v) is 2.81. The van der Waals surface area contributed by atoms with E-state index in [0.717, 1.165) is 12.0 Å². The summed E-state index contributed by atoms with van der Waals surface area (Å²) in [4.78, 5) is 0. The molecule has 1 N–H and O–H groups in total. The highest BCUT2D eigenvalue weighted by molar-refractivity contribution is 7.99. The molecule has 0 bridgehead atoms. The Morgan fingerprint density at radius 1 is 1.14 bits per heavy atom. The predicted molar refractivity (Wildman–Crippen MR) is 67.0 cm³/mol. The number of hydrogen-bond acceptors (Lipinski definition) is 2. The molecule has 1 aliphatic carbocycles. The zero-order valence-corrected chi connectivity index (χ0v) is 10.5. The third-order valence-corrected chi connectivity index (χ3v) is 4.21. The highest BCUT2D eigenvalue weighted by atomic mass is 32.2. The van der Waals surface area contributed by atoms with Crippen LogP contribution in [-0.4, -0.2) is 24.1 Å². The summed E-state index contributed by atoms with van der Waals surface area (Å²) >= 11 is 2.04. The van der Waals surface area contributed by atoms with E-state index in [2.05, 4.69) is 19.2 Å². The third kappa shape index (κ3) is 4.70. The molecule has 0 heterocycles. The van der Waals surface area contributed by atoms with Crippen LogP contribution in [-0.2, 0) is 0 Å². The molecule has 0 radical (unpaired) electrons. The maximum absolute atomic E-state index is 3.68. The van der Waals surface area contributed by atoms with Gasteiger partial charge in [0.05, 0.1) is 0 Å². The molecule has 1 fully saturated rings. The van der Waals surface area contributed by atoms with Crippen molar-refractivity contribution in [2.75, 3.05) is 18.1 Å². The molecular weight excluding hydrogens is 190 g/mol. The SMILES string of the molecule is CCSCCNC1CCC(CC)CC1. The summed E-state index contributed by atoms with van der Waals surface area (Å²) in [5.41, 5.74) is 0. The Morgan fingerprint density at radius 3 is 2.43 bits per heavy atom. The zero-order valence-electron chi connectivity index (χ0n) is 9.72.